The third-order valence-corrected chi connectivity index (χ3v) is 3.94. The molecule has 0 fully saturated rings. The molecule has 1 heterocycles. The van der Waals surface area contributed by atoms with Crippen LogP contribution in [0, 0.1) is 11.8 Å². The Hall–Kier alpha value is -3.12. The topological polar surface area (TPSA) is 30.5 Å². The van der Waals surface area contributed by atoms with Crippen LogP contribution in [0.15, 0.2) is 66.4 Å². The van der Waals surface area contributed by atoms with Gasteiger partial charge in [-0.05, 0) is 25.1 Å². The smallest absolute Gasteiger partial charge is 0.181 e. The predicted molar refractivity (Wildman–Crippen MR) is 102 cm³/mol. The van der Waals surface area contributed by atoms with Gasteiger partial charge in [0.15, 0.2) is 6.10 Å². The Kier molecular flexibility index (Phi) is 5.43. The van der Waals surface area contributed by atoms with E-state index in [9.17, 15) is 0 Å². The molecule has 2 aromatic rings. The zero-order valence-corrected chi connectivity index (χ0v) is 14.5. The SMILES string of the molecule is CC#C/C=C(\OC)C(Oc1ccc2c(c1)C=CCN2)c1ccccc1. The van der Waals surface area contributed by atoms with Gasteiger partial charge in [0, 0.05) is 29.4 Å². The molecule has 0 radical (unpaired) electrons. The fourth-order valence-electron chi connectivity index (χ4n) is 2.71. The predicted octanol–water partition coefficient (Wildman–Crippen LogP) is 4.80. The summed E-state index contributed by atoms with van der Waals surface area (Å²) in [7, 11) is 1.64. The number of allylic oxidation sites excluding steroid dienone is 1. The molecule has 3 rings (SSSR count). The summed E-state index contributed by atoms with van der Waals surface area (Å²) in [5.74, 6) is 7.27. The standard InChI is InChI=1S/C22H21NO2/c1-3-4-12-21(24-2)22(17-9-6-5-7-10-17)25-19-13-14-20-18(16-19)11-8-15-23-20/h5-14,16,22-23H,15H2,1-2H3/b21-12-. The van der Waals surface area contributed by atoms with E-state index in [1.807, 2.05) is 48.5 Å². The highest BCUT2D eigenvalue weighted by molar-refractivity contribution is 5.71. The highest BCUT2D eigenvalue weighted by atomic mass is 16.5. The summed E-state index contributed by atoms with van der Waals surface area (Å²) in [4.78, 5) is 0. The molecule has 0 bridgehead atoms. The third-order valence-electron chi connectivity index (χ3n) is 3.94. The van der Waals surface area contributed by atoms with Gasteiger partial charge in [0.1, 0.15) is 11.5 Å². The summed E-state index contributed by atoms with van der Waals surface area (Å²) in [6.45, 7) is 2.65. The summed E-state index contributed by atoms with van der Waals surface area (Å²) in [6, 6.07) is 16.1. The van der Waals surface area contributed by atoms with E-state index >= 15 is 0 Å². The fraction of sp³-hybridized carbons (Fsp3) is 0.182. The Morgan fingerprint density at radius 3 is 2.80 bits per heavy atom. The molecule has 0 aromatic heterocycles. The molecule has 0 aliphatic carbocycles. The van der Waals surface area contributed by atoms with Crippen molar-refractivity contribution >= 4 is 11.8 Å². The van der Waals surface area contributed by atoms with Crippen molar-refractivity contribution < 1.29 is 9.47 Å². The Labute approximate surface area is 149 Å². The lowest BCUT2D eigenvalue weighted by atomic mass is 10.1. The van der Waals surface area contributed by atoms with Crippen LogP contribution < -0.4 is 10.1 Å². The second kappa shape index (κ2) is 8.12. The number of nitrogens with one attached hydrogen (secondary N) is 1. The van der Waals surface area contributed by atoms with Crippen LogP contribution in [0.3, 0.4) is 0 Å². The highest BCUT2D eigenvalue weighted by Gasteiger charge is 2.20. The van der Waals surface area contributed by atoms with Crippen molar-refractivity contribution in [2.75, 3.05) is 19.0 Å². The average Bonchev–Trinajstić information content (AvgIpc) is 2.68. The first kappa shape index (κ1) is 16.7. The van der Waals surface area contributed by atoms with Crippen molar-refractivity contribution in [1.82, 2.24) is 0 Å². The van der Waals surface area contributed by atoms with Crippen molar-refractivity contribution in [1.29, 1.82) is 0 Å². The zero-order valence-electron chi connectivity index (χ0n) is 14.5. The first-order valence-corrected chi connectivity index (χ1v) is 8.24. The van der Waals surface area contributed by atoms with Gasteiger partial charge in [0.25, 0.3) is 0 Å². The van der Waals surface area contributed by atoms with E-state index < -0.39 is 0 Å². The molecule has 3 heteroatoms. The monoisotopic (exact) mass is 331 g/mol. The van der Waals surface area contributed by atoms with Gasteiger partial charge in [-0.2, -0.15) is 0 Å². The molecule has 0 saturated carbocycles. The molecule has 1 aliphatic heterocycles. The van der Waals surface area contributed by atoms with Gasteiger partial charge in [-0.1, -0.05) is 48.4 Å². The number of methoxy groups -OCH3 is 1. The Balaban J connectivity index is 1.95. The van der Waals surface area contributed by atoms with Crippen molar-refractivity contribution in [2.24, 2.45) is 0 Å². The first-order chi connectivity index (χ1) is 12.3. The maximum absolute atomic E-state index is 6.29. The van der Waals surface area contributed by atoms with E-state index in [2.05, 4.69) is 29.3 Å². The molecule has 25 heavy (non-hydrogen) atoms. The quantitative estimate of drug-likeness (QED) is 0.631. The molecular weight excluding hydrogens is 310 g/mol. The van der Waals surface area contributed by atoms with Gasteiger partial charge in [-0.3, -0.25) is 0 Å². The minimum atomic E-state index is -0.356. The summed E-state index contributed by atoms with van der Waals surface area (Å²) in [6.07, 6.45) is 5.60. The highest BCUT2D eigenvalue weighted by Crippen LogP contribution is 2.32. The van der Waals surface area contributed by atoms with Crippen molar-refractivity contribution in [3.8, 4) is 17.6 Å². The molecule has 0 amide bonds. The molecule has 0 spiro atoms. The van der Waals surface area contributed by atoms with Crippen LogP contribution in [-0.2, 0) is 4.74 Å². The van der Waals surface area contributed by atoms with Crippen molar-refractivity contribution in [3.63, 3.8) is 0 Å². The van der Waals surface area contributed by atoms with E-state index in [4.69, 9.17) is 9.47 Å². The largest absolute Gasteiger partial charge is 0.496 e. The van der Waals surface area contributed by atoms with E-state index in [-0.39, 0.29) is 6.10 Å². The molecule has 2 aromatic carbocycles. The van der Waals surface area contributed by atoms with Gasteiger partial charge in [0.05, 0.1) is 7.11 Å². The van der Waals surface area contributed by atoms with Gasteiger partial charge in [-0.25, -0.2) is 0 Å². The van der Waals surface area contributed by atoms with Crippen LogP contribution in [0.25, 0.3) is 6.08 Å². The van der Waals surface area contributed by atoms with Crippen LogP contribution in [0.5, 0.6) is 5.75 Å². The second-order valence-corrected chi connectivity index (χ2v) is 5.59. The maximum atomic E-state index is 6.29. The lowest BCUT2D eigenvalue weighted by Crippen LogP contribution is -2.13. The summed E-state index contributed by atoms with van der Waals surface area (Å²) < 4.78 is 11.9. The summed E-state index contributed by atoms with van der Waals surface area (Å²) in [5, 5.41) is 3.34. The summed E-state index contributed by atoms with van der Waals surface area (Å²) in [5.41, 5.74) is 3.25. The number of fused-ring (bicyclic) bond motifs is 1. The lowest BCUT2D eigenvalue weighted by Gasteiger charge is -2.22. The Morgan fingerprint density at radius 2 is 2.04 bits per heavy atom. The number of hydrogen-bond acceptors (Lipinski definition) is 3. The van der Waals surface area contributed by atoms with Crippen LogP contribution in [0.1, 0.15) is 24.2 Å². The van der Waals surface area contributed by atoms with Crippen LogP contribution >= 0.6 is 0 Å². The molecule has 126 valence electrons. The zero-order chi connectivity index (χ0) is 17.5. The maximum Gasteiger partial charge on any atom is 0.181 e. The second-order valence-electron chi connectivity index (χ2n) is 5.59. The minimum Gasteiger partial charge on any atom is -0.496 e. The fourth-order valence-corrected chi connectivity index (χ4v) is 2.71. The van der Waals surface area contributed by atoms with Gasteiger partial charge >= 0.3 is 0 Å². The normalized spacial score (nSPS) is 13.8. The van der Waals surface area contributed by atoms with E-state index in [1.165, 1.54) is 0 Å². The average molecular weight is 331 g/mol. The molecular formula is C22H21NO2. The van der Waals surface area contributed by atoms with E-state index in [0.717, 1.165) is 29.1 Å². The van der Waals surface area contributed by atoms with E-state index in [0.29, 0.717) is 5.76 Å². The Morgan fingerprint density at radius 1 is 1.20 bits per heavy atom. The number of hydrogen-bond donors (Lipinski definition) is 1. The molecule has 1 unspecified atom stereocenters. The van der Waals surface area contributed by atoms with Crippen LogP contribution in [0.4, 0.5) is 5.69 Å². The molecule has 1 atom stereocenters. The molecule has 1 aliphatic rings. The van der Waals surface area contributed by atoms with Gasteiger partial charge in [0.2, 0.25) is 0 Å². The van der Waals surface area contributed by atoms with Gasteiger partial charge < -0.3 is 14.8 Å². The number of rotatable bonds is 5. The molecule has 1 N–H and O–H groups in total. The van der Waals surface area contributed by atoms with Crippen molar-refractivity contribution in [2.45, 2.75) is 13.0 Å². The lowest BCUT2D eigenvalue weighted by molar-refractivity contribution is 0.148. The number of benzene rings is 2. The van der Waals surface area contributed by atoms with Gasteiger partial charge in [-0.15, -0.1) is 5.92 Å². The van der Waals surface area contributed by atoms with Crippen LogP contribution in [-0.4, -0.2) is 13.7 Å². The Bertz CT molecular complexity index is 841. The third kappa shape index (κ3) is 4.05. The van der Waals surface area contributed by atoms with Crippen LogP contribution in [0.2, 0.25) is 0 Å². The van der Waals surface area contributed by atoms with E-state index in [1.54, 1.807) is 20.1 Å². The summed E-state index contributed by atoms with van der Waals surface area (Å²) >= 11 is 0. The van der Waals surface area contributed by atoms with Crippen molar-refractivity contribution in [3.05, 3.63) is 77.6 Å². The molecule has 3 nitrogen and oxygen atoms in total. The number of ether oxygens (including phenoxy) is 2. The first-order valence-electron chi connectivity index (χ1n) is 8.24. The number of anilines is 1. The molecule has 0 saturated heterocycles. The minimum absolute atomic E-state index is 0.356.